The Hall–Kier alpha value is -2.32. The van der Waals surface area contributed by atoms with Crippen LogP contribution in [0.25, 0.3) is 0 Å². The van der Waals surface area contributed by atoms with E-state index in [0.29, 0.717) is 0 Å². The molecule has 110 valence electrons. The molecule has 1 rings (SSSR count). The Balaban J connectivity index is 2.58. The highest BCUT2D eigenvalue weighted by atomic mass is 19.4. The van der Waals surface area contributed by atoms with Gasteiger partial charge in [0.2, 0.25) is 11.5 Å². The number of alkyl halides is 3. The van der Waals surface area contributed by atoms with E-state index in [4.69, 9.17) is 0 Å². The number of aromatic nitrogens is 1. The lowest BCUT2D eigenvalue weighted by Gasteiger charge is -2.17. The minimum absolute atomic E-state index is 0.0415. The molecule has 0 saturated heterocycles. The van der Waals surface area contributed by atoms with Crippen molar-refractivity contribution in [2.75, 3.05) is 20.1 Å². The van der Waals surface area contributed by atoms with Gasteiger partial charge >= 0.3 is 6.18 Å². The monoisotopic (exact) mass is 291 g/mol. The third kappa shape index (κ3) is 5.12. The number of nitrogens with one attached hydrogen (secondary N) is 2. The van der Waals surface area contributed by atoms with E-state index in [1.165, 1.54) is 19.3 Å². The molecular formula is C11H12F3N3O3. The number of hydrogen-bond donors (Lipinski definition) is 2. The summed E-state index contributed by atoms with van der Waals surface area (Å²) in [6.07, 6.45) is -3.25. The Labute approximate surface area is 111 Å². The fourth-order valence-corrected chi connectivity index (χ4v) is 1.34. The quantitative estimate of drug-likeness (QED) is 0.827. The number of nitrogens with zero attached hydrogens (tertiary/aromatic N) is 1. The average molecular weight is 291 g/mol. The zero-order valence-electron chi connectivity index (χ0n) is 10.5. The topological polar surface area (TPSA) is 82.3 Å². The van der Waals surface area contributed by atoms with Gasteiger partial charge in [-0.25, -0.2) is 0 Å². The van der Waals surface area contributed by atoms with Crippen molar-refractivity contribution in [1.29, 1.82) is 0 Å². The Morgan fingerprint density at radius 2 is 2.05 bits per heavy atom. The Morgan fingerprint density at radius 1 is 1.40 bits per heavy atom. The van der Waals surface area contributed by atoms with Crippen LogP contribution < -0.4 is 10.9 Å². The van der Waals surface area contributed by atoms with Gasteiger partial charge in [-0.2, -0.15) is 13.2 Å². The third-order valence-electron chi connectivity index (χ3n) is 2.24. The molecule has 1 heterocycles. The molecule has 20 heavy (non-hydrogen) atoms. The van der Waals surface area contributed by atoms with Gasteiger partial charge in [0.15, 0.2) is 0 Å². The third-order valence-corrected chi connectivity index (χ3v) is 2.24. The SMILES string of the molecule is CN(CC(=O)NCC(F)(F)F)C(=O)c1cc[nH]c(=O)c1. The first kappa shape index (κ1) is 15.7. The molecule has 0 aliphatic heterocycles. The Morgan fingerprint density at radius 3 is 2.60 bits per heavy atom. The zero-order chi connectivity index (χ0) is 15.3. The van der Waals surface area contributed by atoms with Crippen LogP contribution in [-0.4, -0.2) is 48.0 Å². The first-order valence-corrected chi connectivity index (χ1v) is 5.47. The second-order valence-corrected chi connectivity index (χ2v) is 3.99. The number of H-pyrrole nitrogens is 1. The van der Waals surface area contributed by atoms with Crippen molar-refractivity contribution in [3.8, 4) is 0 Å². The summed E-state index contributed by atoms with van der Waals surface area (Å²) in [6.45, 7) is -2.00. The maximum absolute atomic E-state index is 11.9. The summed E-state index contributed by atoms with van der Waals surface area (Å²) in [4.78, 5) is 37.3. The van der Waals surface area contributed by atoms with E-state index in [1.54, 1.807) is 5.32 Å². The molecule has 0 saturated carbocycles. The summed E-state index contributed by atoms with van der Waals surface area (Å²) in [5.74, 6) is -1.58. The van der Waals surface area contributed by atoms with Crippen LogP contribution in [-0.2, 0) is 4.79 Å². The van der Waals surface area contributed by atoms with E-state index in [9.17, 15) is 27.6 Å². The summed E-state index contributed by atoms with van der Waals surface area (Å²) in [5.41, 5.74) is -0.453. The zero-order valence-corrected chi connectivity index (χ0v) is 10.5. The van der Waals surface area contributed by atoms with Crippen LogP contribution in [0.2, 0.25) is 0 Å². The molecule has 9 heteroatoms. The maximum Gasteiger partial charge on any atom is 0.405 e. The van der Waals surface area contributed by atoms with Crippen molar-refractivity contribution in [1.82, 2.24) is 15.2 Å². The second-order valence-electron chi connectivity index (χ2n) is 3.99. The lowest BCUT2D eigenvalue weighted by molar-refractivity contribution is -0.138. The molecule has 0 spiro atoms. The van der Waals surface area contributed by atoms with Crippen LogP contribution in [0.3, 0.4) is 0 Å². The standard InChI is InChI=1S/C11H12F3N3O3/c1-17(5-9(19)16-6-11(12,13)14)10(20)7-2-3-15-8(18)4-7/h2-4H,5-6H2,1H3,(H,15,18)(H,16,19). The smallest absolute Gasteiger partial charge is 0.345 e. The molecule has 0 aliphatic carbocycles. The molecule has 2 N–H and O–H groups in total. The van der Waals surface area contributed by atoms with E-state index in [2.05, 4.69) is 4.98 Å². The number of rotatable bonds is 4. The largest absolute Gasteiger partial charge is 0.405 e. The van der Waals surface area contributed by atoms with Crippen molar-refractivity contribution in [3.63, 3.8) is 0 Å². The molecule has 0 unspecified atom stereocenters. The number of amides is 2. The lowest BCUT2D eigenvalue weighted by Crippen LogP contribution is -2.41. The number of pyridine rings is 1. The van der Waals surface area contributed by atoms with Crippen molar-refractivity contribution in [2.24, 2.45) is 0 Å². The van der Waals surface area contributed by atoms with Crippen molar-refractivity contribution in [2.45, 2.75) is 6.18 Å². The van der Waals surface area contributed by atoms with Crippen molar-refractivity contribution >= 4 is 11.8 Å². The normalized spacial score (nSPS) is 11.0. The van der Waals surface area contributed by atoms with Gasteiger partial charge in [-0.05, 0) is 6.07 Å². The fourth-order valence-electron chi connectivity index (χ4n) is 1.34. The molecule has 0 aromatic carbocycles. The number of hydrogen-bond acceptors (Lipinski definition) is 3. The Kier molecular flexibility index (Phi) is 4.89. The molecular weight excluding hydrogens is 279 g/mol. The lowest BCUT2D eigenvalue weighted by atomic mass is 10.2. The first-order valence-electron chi connectivity index (χ1n) is 5.47. The summed E-state index contributed by atoms with van der Waals surface area (Å²) in [7, 11) is 1.25. The number of carbonyl (C=O) groups is 2. The molecule has 0 atom stereocenters. The Bertz CT molecular complexity index is 554. The highest BCUT2D eigenvalue weighted by Crippen LogP contribution is 2.12. The highest BCUT2D eigenvalue weighted by molar-refractivity contribution is 5.96. The van der Waals surface area contributed by atoms with Gasteiger partial charge in [-0.15, -0.1) is 0 Å². The van der Waals surface area contributed by atoms with Gasteiger partial charge < -0.3 is 15.2 Å². The molecule has 0 aliphatic rings. The number of likely N-dealkylation sites (N-methyl/N-ethyl adjacent to an activating group) is 1. The van der Waals surface area contributed by atoms with Crippen LogP contribution >= 0.6 is 0 Å². The van der Waals surface area contributed by atoms with Gasteiger partial charge in [0.25, 0.3) is 5.91 Å². The molecule has 2 amide bonds. The molecule has 1 aromatic rings. The first-order chi connectivity index (χ1) is 9.19. The molecule has 1 aromatic heterocycles. The van der Waals surface area contributed by atoms with Crippen LogP contribution in [0.5, 0.6) is 0 Å². The van der Waals surface area contributed by atoms with E-state index in [-0.39, 0.29) is 5.56 Å². The predicted octanol–water partition coefficient (Wildman–Crippen LogP) is 0.125. The van der Waals surface area contributed by atoms with Gasteiger partial charge in [-0.3, -0.25) is 14.4 Å². The summed E-state index contributed by atoms with van der Waals surface area (Å²) in [6, 6.07) is 2.36. The second kappa shape index (κ2) is 6.22. The molecule has 0 radical (unpaired) electrons. The van der Waals surface area contributed by atoms with Crippen LogP contribution in [0.4, 0.5) is 13.2 Å². The van der Waals surface area contributed by atoms with E-state index in [1.807, 2.05) is 0 Å². The summed E-state index contributed by atoms with van der Waals surface area (Å²) < 4.78 is 35.7. The van der Waals surface area contributed by atoms with Gasteiger partial charge in [-0.1, -0.05) is 0 Å². The molecule has 0 bridgehead atoms. The number of aromatic amines is 1. The highest BCUT2D eigenvalue weighted by Gasteiger charge is 2.28. The minimum Gasteiger partial charge on any atom is -0.345 e. The average Bonchev–Trinajstić information content (AvgIpc) is 2.34. The van der Waals surface area contributed by atoms with E-state index >= 15 is 0 Å². The number of halogens is 3. The van der Waals surface area contributed by atoms with Gasteiger partial charge in [0.05, 0.1) is 6.54 Å². The molecule has 0 fully saturated rings. The maximum atomic E-state index is 11.9. The van der Waals surface area contributed by atoms with Gasteiger partial charge in [0.1, 0.15) is 6.54 Å². The van der Waals surface area contributed by atoms with Crippen molar-refractivity contribution in [3.05, 3.63) is 34.2 Å². The summed E-state index contributed by atoms with van der Waals surface area (Å²) >= 11 is 0. The van der Waals surface area contributed by atoms with E-state index < -0.39 is 36.6 Å². The van der Waals surface area contributed by atoms with Crippen LogP contribution in [0.1, 0.15) is 10.4 Å². The van der Waals surface area contributed by atoms with E-state index in [0.717, 1.165) is 11.0 Å². The predicted molar refractivity (Wildman–Crippen MR) is 63.1 cm³/mol. The van der Waals surface area contributed by atoms with Crippen molar-refractivity contribution < 1.29 is 22.8 Å². The van der Waals surface area contributed by atoms with Crippen LogP contribution in [0.15, 0.2) is 23.1 Å². The summed E-state index contributed by atoms with van der Waals surface area (Å²) in [5, 5.41) is 1.65. The minimum atomic E-state index is -4.51. The molecule has 6 nitrogen and oxygen atoms in total. The number of carbonyl (C=O) groups excluding carboxylic acids is 2. The van der Waals surface area contributed by atoms with Crippen LogP contribution in [0, 0.1) is 0 Å². The van der Waals surface area contributed by atoms with Gasteiger partial charge in [0, 0.05) is 24.9 Å². The fraction of sp³-hybridized carbons (Fsp3) is 0.364.